The normalized spacial score (nSPS) is 22.2. The molecule has 1 aromatic rings. The van der Waals surface area contributed by atoms with Crippen LogP contribution in [0.25, 0.3) is 0 Å². The maximum Gasteiger partial charge on any atom is 0.157 e. The fourth-order valence-corrected chi connectivity index (χ4v) is 3.69. The Bertz CT molecular complexity index is 483. The predicted octanol–water partition coefficient (Wildman–Crippen LogP) is 0.0585. The van der Waals surface area contributed by atoms with Gasteiger partial charge in [0, 0.05) is 19.1 Å². The Hall–Kier alpha value is -1.08. The van der Waals surface area contributed by atoms with Gasteiger partial charge in [0.15, 0.2) is 15.6 Å². The van der Waals surface area contributed by atoms with Gasteiger partial charge in [-0.05, 0) is 13.3 Å². The average molecular weight is 273 g/mol. The number of aryl methyl sites for hydroxylation is 1. The molecule has 0 aromatic carbocycles. The molecule has 6 nitrogen and oxygen atoms in total. The molecule has 0 saturated carbocycles. The monoisotopic (exact) mass is 273 g/mol. The number of hydrogen-bond donors (Lipinski definition) is 1. The minimum Gasteiger partial charge on any atom is -0.489 e. The van der Waals surface area contributed by atoms with Crippen LogP contribution in [0.3, 0.4) is 0 Å². The SMILES string of the molecule is CCn1cc(OCCNC2CCS(=O)(=O)C2)cn1. The highest BCUT2D eigenvalue weighted by atomic mass is 32.2. The number of rotatable bonds is 6. The molecule has 0 amide bonds. The number of nitrogens with one attached hydrogen (secondary N) is 1. The summed E-state index contributed by atoms with van der Waals surface area (Å²) < 4.78 is 29.8. The van der Waals surface area contributed by atoms with Gasteiger partial charge in [0.05, 0.1) is 23.9 Å². The van der Waals surface area contributed by atoms with Gasteiger partial charge in [-0.25, -0.2) is 8.42 Å². The molecule has 2 heterocycles. The Kier molecular flexibility index (Phi) is 4.23. The van der Waals surface area contributed by atoms with E-state index < -0.39 is 9.84 Å². The molecule has 2 rings (SSSR count). The molecule has 1 aliphatic rings. The first-order valence-electron chi connectivity index (χ1n) is 6.18. The molecule has 18 heavy (non-hydrogen) atoms. The lowest BCUT2D eigenvalue weighted by Crippen LogP contribution is -2.33. The summed E-state index contributed by atoms with van der Waals surface area (Å²) in [7, 11) is -2.80. The van der Waals surface area contributed by atoms with Gasteiger partial charge in [0.25, 0.3) is 0 Å². The lowest BCUT2D eigenvalue weighted by atomic mass is 10.3. The minimum atomic E-state index is -2.80. The smallest absolute Gasteiger partial charge is 0.157 e. The Morgan fingerprint density at radius 2 is 2.44 bits per heavy atom. The van der Waals surface area contributed by atoms with Crippen LogP contribution in [0.15, 0.2) is 12.4 Å². The third kappa shape index (κ3) is 3.71. The maximum absolute atomic E-state index is 11.2. The van der Waals surface area contributed by atoms with Crippen molar-refractivity contribution in [2.45, 2.75) is 25.9 Å². The molecular weight excluding hydrogens is 254 g/mol. The Morgan fingerprint density at radius 3 is 3.06 bits per heavy atom. The Balaban J connectivity index is 1.64. The third-order valence-electron chi connectivity index (χ3n) is 2.97. The number of sulfone groups is 1. The van der Waals surface area contributed by atoms with Crippen molar-refractivity contribution in [2.75, 3.05) is 24.7 Å². The van der Waals surface area contributed by atoms with Crippen LogP contribution in [0.1, 0.15) is 13.3 Å². The fraction of sp³-hybridized carbons (Fsp3) is 0.727. The van der Waals surface area contributed by atoms with Crippen LogP contribution in [-0.2, 0) is 16.4 Å². The van der Waals surface area contributed by atoms with E-state index in [1.54, 1.807) is 10.9 Å². The molecule has 1 unspecified atom stereocenters. The van der Waals surface area contributed by atoms with Crippen LogP contribution in [0, 0.1) is 0 Å². The summed E-state index contributed by atoms with van der Waals surface area (Å²) in [5.41, 5.74) is 0. The summed E-state index contributed by atoms with van der Waals surface area (Å²) >= 11 is 0. The standard InChI is InChI=1S/C11H19N3O3S/c1-2-14-8-11(7-13-14)17-5-4-12-10-3-6-18(15,16)9-10/h7-8,10,12H,2-6,9H2,1H3. The quantitative estimate of drug-likeness (QED) is 0.742. The topological polar surface area (TPSA) is 73.2 Å². The first kappa shape index (κ1) is 13.4. The summed E-state index contributed by atoms with van der Waals surface area (Å²) in [6.45, 7) is 4.00. The molecule has 0 spiro atoms. The van der Waals surface area contributed by atoms with Crippen molar-refractivity contribution in [1.29, 1.82) is 0 Å². The maximum atomic E-state index is 11.2. The molecule has 1 aromatic heterocycles. The van der Waals surface area contributed by atoms with Crippen LogP contribution >= 0.6 is 0 Å². The first-order chi connectivity index (χ1) is 8.59. The van der Waals surface area contributed by atoms with Crippen molar-refractivity contribution in [2.24, 2.45) is 0 Å². The van der Waals surface area contributed by atoms with Gasteiger partial charge in [0.1, 0.15) is 6.61 Å². The molecule has 0 bridgehead atoms. The zero-order valence-corrected chi connectivity index (χ0v) is 11.3. The van der Waals surface area contributed by atoms with Crippen LogP contribution in [0.2, 0.25) is 0 Å². The molecular formula is C11H19N3O3S. The Labute approximate surface area is 107 Å². The third-order valence-corrected chi connectivity index (χ3v) is 4.74. The fourth-order valence-electron chi connectivity index (χ4n) is 1.98. The van der Waals surface area contributed by atoms with E-state index in [1.165, 1.54) is 0 Å². The lowest BCUT2D eigenvalue weighted by molar-refractivity contribution is 0.307. The van der Waals surface area contributed by atoms with Gasteiger partial charge >= 0.3 is 0 Å². The zero-order chi connectivity index (χ0) is 13.0. The van der Waals surface area contributed by atoms with E-state index in [2.05, 4.69) is 10.4 Å². The second-order valence-corrected chi connectivity index (χ2v) is 6.66. The lowest BCUT2D eigenvalue weighted by Gasteiger charge is -2.10. The molecule has 1 saturated heterocycles. The highest BCUT2D eigenvalue weighted by Crippen LogP contribution is 2.11. The number of hydrogen-bond acceptors (Lipinski definition) is 5. The van der Waals surface area contributed by atoms with E-state index in [0.29, 0.717) is 25.3 Å². The van der Waals surface area contributed by atoms with Crippen molar-refractivity contribution in [3.05, 3.63) is 12.4 Å². The molecule has 1 fully saturated rings. The second kappa shape index (κ2) is 5.71. The molecule has 7 heteroatoms. The van der Waals surface area contributed by atoms with Gasteiger partial charge < -0.3 is 10.1 Å². The minimum absolute atomic E-state index is 0.0805. The van der Waals surface area contributed by atoms with Crippen molar-refractivity contribution in [3.8, 4) is 5.75 Å². The number of nitrogens with zero attached hydrogens (tertiary/aromatic N) is 2. The van der Waals surface area contributed by atoms with Crippen LogP contribution < -0.4 is 10.1 Å². The molecule has 1 aliphatic heterocycles. The van der Waals surface area contributed by atoms with Gasteiger partial charge in [0.2, 0.25) is 0 Å². The summed E-state index contributed by atoms with van der Waals surface area (Å²) in [5.74, 6) is 1.30. The van der Waals surface area contributed by atoms with Gasteiger partial charge in [-0.15, -0.1) is 0 Å². The molecule has 1 atom stereocenters. The van der Waals surface area contributed by atoms with Crippen LogP contribution in [-0.4, -0.2) is 48.9 Å². The van der Waals surface area contributed by atoms with Crippen molar-refractivity contribution in [1.82, 2.24) is 15.1 Å². The molecule has 102 valence electrons. The Morgan fingerprint density at radius 1 is 1.61 bits per heavy atom. The van der Waals surface area contributed by atoms with Gasteiger partial charge in [-0.2, -0.15) is 5.10 Å². The summed E-state index contributed by atoms with van der Waals surface area (Å²) in [4.78, 5) is 0. The molecule has 0 aliphatic carbocycles. The van der Waals surface area contributed by atoms with Gasteiger partial charge in [-0.1, -0.05) is 0 Å². The zero-order valence-electron chi connectivity index (χ0n) is 10.5. The molecule has 1 N–H and O–H groups in total. The van der Waals surface area contributed by atoms with Gasteiger partial charge in [-0.3, -0.25) is 4.68 Å². The summed E-state index contributed by atoms with van der Waals surface area (Å²) in [6, 6.07) is 0.0805. The van der Waals surface area contributed by atoms with E-state index in [1.807, 2.05) is 13.1 Å². The van der Waals surface area contributed by atoms with Crippen LogP contribution in [0.4, 0.5) is 0 Å². The molecule has 0 radical (unpaired) electrons. The van der Waals surface area contributed by atoms with Crippen LogP contribution in [0.5, 0.6) is 5.75 Å². The van der Waals surface area contributed by atoms with E-state index in [9.17, 15) is 8.42 Å². The second-order valence-electron chi connectivity index (χ2n) is 4.43. The first-order valence-corrected chi connectivity index (χ1v) is 8.00. The van der Waals surface area contributed by atoms with E-state index in [4.69, 9.17) is 4.74 Å². The van der Waals surface area contributed by atoms with E-state index >= 15 is 0 Å². The largest absolute Gasteiger partial charge is 0.489 e. The van der Waals surface area contributed by atoms with E-state index in [0.717, 1.165) is 12.3 Å². The average Bonchev–Trinajstić information content (AvgIpc) is 2.91. The van der Waals surface area contributed by atoms with Crippen molar-refractivity contribution >= 4 is 9.84 Å². The number of aromatic nitrogens is 2. The van der Waals surface area contributed by atoms with Crippen molar-refractivity contribution < 1.29 is 13.2 Å². The predicted molar refractivity (Wildman–Crippen MR) is 68.5 cm³/mol. The highest BCUT2D eigenvalue weighted by molar-refractivity contribution is 7.91. The van der Waals surface area contributed by atoms with E-state index in [-0.39, 0.29) is 11.8 Å². The highest BCUT2D eigenvalue weighted by Gasteiger charge is 2.26. The number of ether oxygens (including phenoxy) is 1. The summed E-state index contributed by atoms with van der Waals surface area (Å²) in [5, 5.41) is 7.30. The summed E-state index contributed by atoms with van der Waals surface area (Å²) in [6.07, 6.45) is 4.24. The van der Waals surface area contributed by atoms with Crippen molar-refractivity contribution in [3.63, 3.8) is 0 Å².